The van der Waals surface area contributed by atoms with Crippen LogP contribution in [0.3, 0.4) is 0 Å². The van der Waals surface area contributed by atoms with Crippen molar-refractivity contribution in [3.05, 3.63) is 23.8 Å². The van der Waals surface area contributed by atoms with Crippen molar-refractivity contribution in [2.45, 2.75) is 12.8 Å². The van der Waals surface area contributed by atoms with Crippen molar-refractivity contribution in [1.82, 2.24) is 9.80 Å². The third-order valence-electron chi connectivity index (χ3n) is 4.04. The van der Waals surface area contributed by atoms with Crippen molar-refractivity contribution >= 4 is 17.3 Å². The molecule has 0 radical (unpaired) electrons. The lowest BCUT2D eigenvalue weighted by atomic mass is 10.1. The number of nitrogen functional groups attached to an aromatic ring is 1. The van der Waals surface area contributed by atoms with Gasteiger partial charge < -0.3 is 20.4 Å². The molecule has 0 unspecified atom stereocenters. The van der Waals surface area contributed by atoms with Crippen LogP contribution in [0.25, 0.3) is 0 Å². The van der Waals surface area contributed by atoms with Gasteiger partial charge in [0.2, 0.25) is 0 Å². The van der Waals surface area contributed by atoms with Gasteiger partial charge in [0.05, 0.1) is 11.4 Å². The van der Waals surface area contributed by atoms with Gasteiger partial charge in [-0.2, -0.15) is 0 Å². The molecule has 1 heterocycles. The summed E-state index contributed by atoms with van der Waals surface area (Å²) in [6.07, 6.45) is 2.63. The molecule has 2 N–H and O–H groups in total. The Morgan fingerprint density at radius 1 is 1.24 bits per heavy atom. The SMILES string of the molecule is CN(C)C(=O)c1ccc(N(C)CCN2CCCC2)c(N)c1. The molecule has 1 saturated heterocycles. The molecule has 0 saturated carbocycles. The number of carbonyl (C=O) groups is 1. The van der Waals surface area contributed by atoms with Crippen LogP contribution < -0.4 is 10.6 Å². The number of likely N-dealkylation sites (tertiary alicyclic amines) is 1. The molecule has 116 valence electrons. The number of anilines is 2. The largest absolute Gasteiger partial charge is 0.397 e. The normalized spacial score (nSPS) is 15.2. The molecule has 1 amide bonds. The van der Waals surface area contributed by atoms with E-state index in [1.807, 2.05) is 12.1 Å². The topological polar surface area (TPSA) is 52.8 Å². The van der Waals surface area contributed by atoms with Crippen LogP contribution in [-0.4, -0.2) is 63.0 Å². The molecule has 0 aromatic heterocycles. The molecule has 1 aromatic rings. The predicted molar refractivity (Wildman–Crippen MR) is 87.8 cm³/mol. The lowest BCUT2D eigenvalue weighted by molar-refractivity contribution is 0.0827. The summed E-state index contributed by atoms with van der Waals surface area (Å²) in [5.41, 5.74) is 8.40. The Labute approximate surface area is 127 Å². The molecule has 0 atom stereocenters. The van der Waals surface area contributed by atoms with E-state index < -0.39 is 0 Å². The molecular formula is C16H26N4O. The summed E-state index contributed by atoms with van der Waals surface area (Å²) < 4.78 is 0. The molecule has 5 heteroatoms. The highest BCUT2D eigenvalue weighted by Gasteiger charge is 2.14. The van der Waals surface area contributed by atoms with E-state index in [2.05, 4.69) is 16.8 Å². The fraction of sp³-hybridized carbons (Fsp3) is 0.562. The van der Waals surface area contributed by atoms with Gasteiger partial charge in [-0.15, -0.1) is 0 Å². The number of nitrogens with zero attached hydrogens (tertiary/aromatic N) is 3. The van der Waals surface area contributed by atoms with Crippen LogP contribution in [0.5, 0.6) is 0 Å². The van der Waals surface area contributed by atoms with Crippen molar-refractivity contribution in [2.24, 2.45) is 0 Å². The fourth-order valence-electron chi connectivity index (χ4n) is 2.71. The number of hydrogen-bond donors (Lipinski definition) is 1. The molecule has 5 nitrogen and oxygen atoms in total. The maximum atomic E-state index is 11.9. The van der Waals surface area contributed by atoms with Gasteiger partial charge in [0, 0.05) is 39.8 Å². The highest BCUT2D eigenvalue weighted by Crippen LogP contribution is 2.24. The second-order valence-electron chi connectivity index (χ2n) is 5.94. The molecule has 0 spiro atoms. The first-order valence-corrected chi connectivity index (χ1v) is 7.53. The Balaban J connectivity index is 2.00. The Bertz CT molecular complexity index is 495. The maximum absolute atomic E-state index is 11.9. The first-order valence-electron chi connectivity index (χ1n) is 7.53. The van der Waals surface area contributed by atoms with E-state index in [1.54, 1.807) is 25.1 Å². The zero-order valence-corrected chi connectivity index (χ0v) is 13.3. The van der Waals surface area contributed by atoms with Crippen LogP contribution in [0.2, 0.25) is 0 Å². The van der Waals surface area contributed by atoms with E-state index in [4.69, 9.17) is 5.73 Å². The van der Waals surface area contributed by atoms with Crippen molar-refractivity contribution in [3.63, 3.8) is 0 Å². The summed E-state index contributed by atoms with van der Waals surface area (Å²) in [6, 6.07) is 5.56. The van der Waals surface area contributed by atoms with Crippen molar-refractivity contribution in [2.75, 3.05) is 58.0 Å². The minimum absolute atomic E-state index is 0.0204. The van der Waals surface area contributed by atoms with Crippen LogP contribution in [0.15, 0.2) is 18.2 Å². The van der Waals surface area contributed by atoms with Gasteiger partial charge in [0.15, 0.2) is 0 Å². The van der Waals surface area contributed by atoms with Gasteiger partial charge in [0.1, 0.15) is 0 Å². The van der Waals surface area contributed by atoms with E-state index in [0.29, 0.717) is 11.3 Å². The van der Waals surface area contributed by atoms with Crippen LogP contribution in [-0.2, 0) is 0 Å². The van der Waals surface area contributed by atoms with Gasteiger partial charge in [-0.1, -0.05) is 0 Å². The minimum Gasteiger partial charge on any atom is -0.397 e. The summed E-state index contributed by atoms with van der Waals surface area (Å²) in [7, 11) is 5.54. The Morgan fingerprint density at radius 3 is 2.48 bits per heavy atom. The highest BCUT2D eigenvalue weighted by molar-refractivity contribution is 5.95. The number of rotatable bonds is 5. The van der Waals surface area contributed by atoms with Gasteiger partial charge in [-0.25, -0.2) is 0 Å². The highest BCUT2D eigenvalue weighted by atomic mass is 16.2. The lowest BCUT2D eigenvalue weighted by Crippen LogP contribution is -2.31. The van der Waals surface area contributed by atoms with Crippen LogP contribution >= 0.6 is 0 Å². The number of amides is 1. The van der Waals surface area contributed by atoms with Gasteiger partial charge in [0.25, 0.3) is 5.91 Å². The van der Waals surface area contributed by atoms with Crippen molar-refractivity contribution < 1.29 is 4.79 Å². The van der Waals surface area contributed by atoms with Gasteiger partial charge in [-0.3, -0.25) is 4.79 Å². The lowest BCUT2D eigenvalue weighted by Gasteiger charge is -2.24. The first-order chi connectivity index (χ1) is 9.99. The summed E-state index contributed by atoms with van der Waals surface area (Å²) in [4.78, 5) is 18.1. The van der Waals surface area contributed by atoms with E-state index in [0.717, 1.165) is 18.8 Å². The molecule has 1 aliphatic rings. The quantitative estimate of drug-likeness (QED) is 0.835. The molecule has 0 aliphatic carbocycles. The molecule has 1 fully saturated rings. The molecular weight excluding hydrogens is 264 g/mol. The fourth-order valence-corrected chi connectivity index (χ4v) is 2.71. The number of nitrogens with two attached hydrogens (primary N) is 1. The minimum atomic E-state index is -0.0204. The zero-order chi connectivity index (χ0) is 15.4. The second-order valence-corrected chi connectivity index (χ2v) is 5.94. The standard InChI is InChI=1S/C16H26N4O/c1-18(2)16(21)13-6-7-15(14(17)12-13)19(3)10-11-20-8-4-5-9-20/h6-7,12H,4-5,8-11,17H2,1-3H3. The molecule has 2 rings (SSSR count). The third-order valence-corrected chi connectivity index (χ3v) is 4.04. The summed E-state index contributed by atoms with van der Waals surface area (Å²) >= 11 is 0. The number of carbonyl (C=O) groups excluding carboxylic acids is 1. The second kappa shape index (κ2) is 6.80. The van der Waals surface area contributed by atoms with E-state index in [-0.39, 0.29) is 5.91 Å². The average Bonchev–Trinajstić information content (AvgIpc) is 2.97. The molecule has 21 heavy (non-hydrogen) atoms. The number of hydrogen-bond acceptors (Lipinski definition) is 4. The summed E-state index contributed by atoms with van der Waals surface area (Å²) in [6.45, 7) is 4.43. The molecule has 1 aromatic carbocycles. The Morgan fingerprint density at radius 2 is 1.90 bits per heavy atom. The van der Waals surface area contributed by atoms with Crippen LogP contribution in [0, 0.1) is 0 Å². The van der Waals surface area contributed by atoms with Crippen LogP contribution in [0.1, 0.15) is 23.2 Å². The predicted octanol–water partition coefficient (Wildman–Crippen LogP) is 1.50. The zero-order valence-electron chi connectivity index (χ0n) is 13.3. The van der Waals surface area contributed by atoms with Crippen molar-refractivity contribution in [1.29, 1.82) is 0 Å². The Hall–Kier alpha value is -1.75. The monoisotopic (exact) mass is 290 g/mol. The van der Waals surface area contributed by atoms with E-state index in [9.17, 15) is 4.79 Å². The number of likely N-dealkylation sites (N-methyl/N-ethyl adjacent to an activating group) is 1. The van der Waals surface area contributed by atoms with E-state index >= 15 is 0 Å². The maximum Gasteiger partial charge on any atom is 0.253 e. The average molecular weight is 290 g/mol. The van der Waals surface area contributed by atoms with Gasteiger partial charge >= 0.3 is 0 Å². The third kappa shape index (κ3) is 3.88. The summed E-state index contributed by atoms with van der Waals surface area (Å²) in [5.74, 6) is -0.0204. The Kier molecular flexibility index (Phi) is 5.07. The molecule has 0 bridgehead atoms. The smallest absolute Gasteiger partial charge is 0.253 e. The van der Waals surface area contributed by atoms with Crippen LogP contribution in [0.4, 0.5) is 11.4 Å². The molecule has 1 aliphatic heterocycles. The van der Waals surface area contributed by atoms with Crippen molar-refractivity contribution in [3.8, 4) is 0 Å². The van der Waals surface area contributed by atoms with Gasteiger partial charge in [-0.05, 0) is 44.1 Å². The summed E-state index contributed by atoms with van der Waals surface area (Å²) in [5, 5.41) is 0. The first kappa shape index (κ1) is 15.6. The number of benzene rings is 1. The van der Waals surface area contributed by atoms with E-state index in [1.165, 1.54) is 25.9 Å².